The highest BCUT2D eigenvalue weighted by Gasteiger charge is 1.91. The molecule has 4 nitrogen and oxygen atoms in total. The quantitative estimate of drug-likeness (QED) is 0.767. The summed E-state index contributed by atoms with van der Waals surface area (Å²) in [5.41, 5.74) is 0.948. The van der Waals surface area contributed by atoms with Gasteiger partial charge in [-0.1, -0.05) is 11.8 Å². The molecular weight excluding hydrogens is 204 g/mol. The molecule has 1 aromatic heterocycles. The highest BCUT2D eigenvalue weighted by molar-refractivity contribution is 5.73. The molecule has 0 radical (unpaired) electrons. The van der Waals surface area contributed by atoms with Gasteiger partial charge in [0.25, 0.3) is 0 Å². The van der Waals surface area contributed by atoms with Crippen LogP contribution in [0.5, 0.6) is 5.75 Å². The molecule has 16 heavy (non-hydrogen) atoms. The minimum atomic E-state index is -0.0852. The van der Waals surface area contributed by atoms with Crippen LogP contribution in [0.3, 0.4) is 0 Å². The Morgan fingerprint density at radius 3 is 2.94 bits per heavy atom. The molecule has 1 heterocycles. The van der Waals surface area contributed by atoms with Crippen LogP contribution in [0.4, 0.5) is 0 Å². The first-order valence-corrected chi connectivity index (χ1v) is 4.94. The van der Waals surface area contributed by atoms with Crippen LogP contribution in [0.25, 0.3) is 0 Å². The van der Waals surface area contributed by atoms with E-state index in [1.807, 2.05) is 19.1 Å². The molecule has 1 N–H and O–H groups in total. The second-order valence-corrected chi connectivity index (χ2v) is 3.19. The van der Waals surface area contributed by atoms with Crippen LogP contribution in [-0.2, 0) is 4.79 Å². The largest absolute Gasteiger partial charge is 0.479 e. The Labute approximate surface area is 95.0 Å². The summed E-state index contributed by atoms with van der Waals surface area (Å²) in [5.74, 6) is 6.17. The molecule has 0 unspecified atom stereocenters. The van der Waals surface area contributed by atoms with Crippen molar-refractivity contribution in [2.75, 3.05) is 13.2 Å². The lowest BCUT2D eigenvalue weighted by Crippen LogP contribution is -2.19. The number of hydrogen-bond acceptors (Lipinski definition) is 3. The monoisotopic (exact) mass is 218 g/mol. The Bertz CT molecular complexity index is 401. The molecule has 0 fully saturated rings. The number of nitrogens with zero attached hydrogens (tertiary/aromatic N) is 1. The molecule has 0 aliphatic heterocycles. The summed E-state index contributed by atoms with van der Waals surface area (Å²) >= 11 is 0. The third-order valence-electron chi connectivity index (χ3n) is 1.75. The maximum absolute atomic E-state index is 10.5. The lowest BCUT2D eigenvalue weighted by molar-refractivity contribution is -0.118. The minimum Gasteiger partial charge on any atom is -0.479 e. The van der Waals surface area contributed by atoms with Crippen LogP contribution in [0, 0.1) is 18.8 Å². The molecule has 0 saturated heterocycles. The maximum atomic E-state index is 10.5. The Balaban J connectivity index is 2.24. The summed E-state index contributed by atoms with van der Waals surface area (Å²) in [5, 5.41) is 2.57. The molecule has 0 aliphatic rings. The van der Waals surface area contributed by atoms with Crippen molar-refractivity contribution in [2.45, 2.75) is 13.8 Å². The molecule has 0 aromatic carbocycles. The second kappa shape index (κ2) is 6.46. The van der Waals surface area contributed by atoms with Gasteiger partial charge in [-0.05, 0) is 19.1 Å². The van der Waals surface area contributed by atoms with E-state index >= 15 is 0 Å². The average Bonchev–Trinajstić information content (AvgIpc) is 2.25. The number of carbonyl (C=O) groups is 1. The summed E-state index contributed by atoms with van der Waals surface area (Å²) in [6.07, 6.45) is 1.66. The number of aromatic nitrogens is 1. The molecule has 0 bridgehead atoms. The second-order valence-electron chi connectivity index (χ2n) is 3.19. The minimum absolute atomic E-state index is 0.0852. The molecule has 0 saturated carbocycles. The van der Waals surface area contributed by atoms with E-state index in [9.17, 15) is 4.79 Å². The molecule has 1 rings (SSSR count). The number of aryl methyl sites for hydroxylation is 1. The van der Waals surface area contributed by atoms with Gasteiger partial charge in [0, 0.05) is 12.6 Å². The van der Waals surface area contributed by atoms with Gasteiger partial charge in [0.05, 0.1) is 12.7 Å². The van der Waals surface area contributed by atoms with Crippen molar-refractivity contribution in [3.05, 3.63) is 24.0 Å². The number of pyridine rings is 1. The van der Waals surface area contributed by atoms with E-state index in [2.05, 4.69) is 22.1 Å². The first-order valence-electron chi connectivity index (χ1n) is 4.94. The van der Waals surface area contributed by atoms with Crippen LogP contribution in [0.2, 0.25) is 0 Å². The number of hydrogen-bond donors (Lipinski definition) is 1. The van der Waals surface area contributed by atoms with Gasteiger partial charge >= 0.3 is 0 Å². The predicted molar refractivity (Wildman–Crippen MR) is 60.9 cm³/mol. The van der Waals surface area contributed by atoms with Gasteiger partial charge in [0.15, 0.2) is 0 Å². The van der Waals surface area contributed by atoms with E-state index in [1.54, 1.807) is 6.20 Å². The van der Waals surface area contributed by atoms with E-state index in [0.717, 1.165) is 5.69 Å². The summed E-state index contributed by atoms with van der Waals surface area (Å²) in [6, 6.07) is 3.72. The number of carbonyl (C=O) groups excluding carboxylic acids is 1. The fourth-order valence-corrected chi connectivity index (χ4v) is 0.941. The average molecular weight is 218 g/mol. The SMILES string of the molecule is CC(=O)NCC#CCOc1ccc(C)nc1. The lowest BCUT2D eigenvalue weighted by atomic mass is 10.4. The molecule has 0 atom stereocenters. The molecule has 1 aromatic rings. The van der Waals surface area contributed by atoms with Gasteiger partial charge in [-0.3, -0.25) is 9.78 Å². The highest BCUT2D eigenvalue weighted by Crippen LogP contribution is 2.07. The van der Waals surface area contributed by atoms with Crippen LogP contribution >= 0.6 is 0 Å². The molecule has 84 valence electrons. The molecule has 0 aliphatic carbocycles. The number of nitrogens with one attached hydrogen (secondary N) is 1. The Hall–Kier alpha value is -2.02. The number of rotatable bonds is 3. The van der Waals surface area contributed by atoms with E-state index in [-0.39, 0.29) is 5.91 Å². The van der Waals surface area contributed by atoms with Gasteiger partial charge in [-0.2, -0.15) is 0 Å². The summed E-state index contributed by atoms with van der Waals surface area (Å²) in [6.45, 7) is 4.02. The number of amides is 1. The zero-order valence-corrected chi connectivity index (χ0v) is 9.41. The van der Waals surface area contributed by atoms with Crippen LogP contribution in [0.1, 0.15) is 12.6 Å². The summed E-state index contributed by atoms with van der Waals surface area (Å²) < 4.78 is 5.32. The smallest absolute Gasteiger partial charge is 0.217 e. The lowest BCUT2D eigenvalue weighted by Gasteiger charge is -2.00. The molecule has 0 spiro atoms. The first-order chi connectivity index (χ1) is 7.68. The van der Waals surface area contributed by atoms with Crippen molar-refractivity contribution in [3.8, 4) is 17.6 Å². The van der Waals surface area contributed by atoms with Crippen LogP contribution in [-0.4, -0.2) is 24.0 Å². The van der Waals surface area contributed by atoms with Crippen LogP contribution < -0.4 is 10.1 Å². The van der Waals surface area contributed by atoms with Crippen molar-refractivity contribution < 1.29 is 9.53 Å². The third kappa shape index (κ3) is 5.01. The topological polar surface area (TPSA) is 51.2 Å². The van der Waals surface area contributed by atoms with E-state index < -0.39 is 0 Å². The van der Waals surface area contributed by atoms with Crippen molar-refractivity contribution in [1.29, 1.82) is 0 Å². The van der Waals surface area contributed by atoms with Crippen LogP contribution in [0.15, 0.2) is 18.3 Å². The fraction of sp³-hybridized carbons (Fsp3) is 0.333. The molecule has 4 heteroatoms. The summed E-state index contributed by atoms with van der Waals surface area (Å²) in [4.78, 5) is 14.6. The van der Waals surface area contributed by atoms with Gasteiger partial charge in [0.1, 0.15) is 12.4 Å². The van der Waals surface area contributed by atoms with Gasteiger partial charge in [-0.25, -0.2) is 0 Å². The van der Waals surface area contributed by atoms with E-state index in [1.165, 1.54) is 6.92 Å². The zero-order chi connectivity index (χ0) is 11.8. The van der Waals surface area contributed by atoms with Crippen molar-refractivity contribution in [3.63, 3.8) is 0 Å². The Morgan fingerprint density at radius 2 is 2.31 bits per heavy atom. The third-order valence-corrected chi connectivity index (χ3v) is 1.75. The molecular formula is C12H14N2O2. The Morgan fingerprint density at radius 1 is 1.50 bits per heavy atom. The normalized spacial score (nSPS) is 8.88. The number of ether oxygens (including phenoxy) is 1. The Kier molecular flexibility index (Phi) is 4.87. The predicted octanol–water partition coefficient (Wildman–Crippen LogP) is 0.908. The molecule has 1 amide bonds. The van der Waals surface area contributed by atoms with Gasteiger partial charge < -0.3 is 10.1 Å². The van der Waals surface area contributed by atoms with Gasteiger partial charge in [0.2, 0.25) is 5.91 Å². The highest BCUT2D eigenvalue weighted by atomic mass is 16.5. The zero-order valence-electron chi connectivity index (χ0n) is 9.41. The van der Waals surface area contributed by atoms with Gasteiger partial charge in [-0.15, -0.1) is 0 Å². The van der Waals surface area contributed by atoms with E-state index in [4.69, 9.17) is 4.74 Å². The van der Waals surface area contributed by atoms with E-state index in [0.29, 0.717) is 18.9 Å². The van der Waals surface area contributed by atoms with Crippen molar-refractivity contribution >= 4 is 5.91 Å². The van der Waals surface area contributed by atoms with Crippen molar-refractivity contribution in [2.24, 2.45) is 0 Å². The van der Waals surface area contributed by atoms with Crippen molar-refractivity contribution in [1.82, 2.24) is 10.3 Å². The first kappa shape index (κ1) is 12.1. The standard InChI is InChI=1S/C12H14N2O2/c1-10-5-6-12(9-14-10)16-8-4-3-7-13-11(2)15/h5-6,9H,7-8H2,1-2H3,(H,13,15). The summed E-state index contributed by atoms with van der Waals surface area (Å²) in [7, 11) is 0. The maximum Gasteiger partial charge on any atom is 0.217 e. The fourth-order valence-electron chi connectivity index (χ4n) is 0.941.